The molecule has 0 aliphatic rings. The van der Waals surface area contributed by atoms with Crippen LogP contribution in [-0.2, 0) is 0 Å². The maximum Gasteiger partial charge on any atom is 0.224 e. The van der Waals surface area contributed by atoms with Gasteiger partial charge in [0.05, 0.1) is 11.7 Å². The van der Waals surface area contributed by atoms with E-state index in [0.29, 0.717) is 5.95 Å². The summed E-state index contributed by atoms with van der Waals surface area (Å²) in [6.45, 7) is 1.98. The van der Waals surface area contributed by atoms with Crippen LogP contribution in [0.15, 0.2) is 36.7 Å². The highest BCUT2D eigenvalue weighted by Gasteiger charge is 2.09. The van der Waals surface area contributed by atoms with E-state index in [1.54, 1.807) is 13.2 Å². The van der Waals surface area contributed by atoms with Crippen LogP contribution in [0.5, 0.6) is 0 Å². The van der Waals surface area contributed by atoms with Gasteiger partial charge in [-0.05, 0) is 13.0 Å². The van der Waals surface area contributed by atoms with Crippen LogP contribution in [0.2, 0.25) is 0 Å². The first kappa shape index (κ1) is 10.7. The minimum absolute atomic E-state index is 0.593. The van der Waals surface area contributed by atoms with Crippen molar-refractivity contribution in [3.63, 3.8) is 0 Å². The summed E-state index contributed by atoms with van der Waals surface area (Å²) in [5.41, 5.74) is 2.03. The molecule has 0 amide bonds. The number of fused-ring (bicyclic) bond motifs is 1. The van der Waals surface area contributed by atoms with Gasteiger partial charge >= 0.3 is 0 Å². The molecule has 0 aliphatic carbocycles. The minimum atomic E-state index is 0.593. The lowest BCUT2D eigenvalue weighted by molar-refractivity contribution is 0.856. The highest BCUT2D eigenvalue weighted by Crippen LogP contribution is 2.19. The number of aryl methyl sites for hydroxylation is 1. The van der Waals surface area contributed by atoms with Crippen molar-refractivity contribution in [2.45, 2.75) is 6.92 Å². The summed E-state index contributed by atoms with van der Waals surface area (Å²) < 4.78 is 1.84. The first-order chi connectivity index (χ1) is 8.79. The second kappa shape index (κ2) is 4.10. The van der Waals surface area contributed by atoms with Gasteiger partial charge in [-0.1, -0.05) is 18.2 Å². The molecular formula is C13H13N5. The van der Waals surface area contributed by atoms with E-state index in [0.717, 1.165) is 22.3 Å². The summed E-state index contributed by atoms with van der Waals surface area (Å²) in [6.07, 6.45) is 3.64. The molecule has 2 heterocycles. The van der Waals surface area contributed by atoms with E-state index in [2.05, 4.69) is 20.4 Å². The van der Waals surface area contributed by atoms with Crippen LogP contribution in [0.4, 0.5) is 5.95 Å². The van der Waals surface area contributed by atoms with E-state index in [-0.39, 0.29) is 0 Å². The van der Waals surface area contributed by atoms with Crippen LogP contribution >= 0.6 is 0 Å². The van der Waals surface area contributed by atoms with Gasteiger partial charge in [0.1, 0.15) is 0 Å². The van der Waals surface area contributed by atoms with E-state index in [1.165, 1.54) is 0 Å². The number of aromatic nitrogens is 4. The fraction of sp³-hybridized carbons (Fsp3) is 0.154. The normalized spacial score (nSPS) is 10.8. The molecule has 0 unspecified atom stereocenters. The van der Waals surface area contributed by atoms with Crippen LogP contribution in [0, 0.1) is 6.92 Å². The van der Waals surface area contributed by atoms with Crippen molar-refractivity contribution in [2.24, 2.45) is 0 Å². The fourth-order valence-corrected chi connectivity index (χ4v) is 1.91. The Morgan fingerprint density at radius 2 is 2.00 bits per heavy atom. The van der Waals surface area contributed by atoms with E-state index >= 15 is 0 Å². The number of nitrogens with one attached hydrogen (secondary N) is 1. The molecule has 0 saturated carbocycles. The van der Waals surface area contributed by atoms with E-state index in [9.17, 15) is 0 Å². The third-order valence-corrected chi connectivity index (χ3v) is 2.85. The van der Waals surface area contributed by atoms with E-state index in [4.69, 9.17) is 0 Å². The zero-order valence-electron chi connectivity index (χ0n) is 10.3. The highest BCUT2D eigenvalue weighted by molar-refractivity contribution is 5.80. The number of benzene rings is 1. The second-order valence-electron chi connectivity index (χ2n) is 4.07. The van der Waals surface area contributed by atoms with Crippen LogP contribution in [0.3, 0.4) is 0 Å². The van der Waals surface area contributed by atoms with Crippen LogP contribution in [0.25, 0.3) is 16.7 Å². The molecule has 0 spiro atoms. The van der Waals surface area contributed by atoms with Gasteiger partial charge in [0.25, 0.3) is 0 Å². The van der Waals surface area contributed by atoms with Crippen LogP contribution in [0.1, 0.15) is 5.56 Å². The molecule has 0 radical (unpaired) electrons. The first-order valence-electron chi connectivity index (χ1n) is 5.74. The van der Waals surface area contributed by atoms with Gasteiger partial charge in [-0.2, -0.15) is 10.1 Å². The Bertz CT molecular complexity index is 701. The Hall–Kier alpha value is -2.43. The van der Waals surface area contributed by atoms with Gasteiger partial charge in [-0.15, -0.1) is 0 Å². The Kier molecular flexibility index (Phi) is 2.44. The van der Waals surface area contributed by atoms with Gasteiger partial charge in [0.2, 0.25) is 5.95 Å². The summed E-state index contributed by atoms with van der Waals surface area (Å²) in [5, 5.41) is 8.44. The lowest BCUT2D eigenvalue weighted by Gasteiger charge is -2.07. The zero-order chi connectivity index (χ0) is 12.5. The maximum atomic E-state index is 4.46. The van der Waals surface area contributed by atoms with Gasteiger partial charge in [0, 0.05) is 24.2 Å². The summed E-state index contributed by atoms with van der Waals surface area (Å²) in [7, 11) is 1.80. The molecular weight excluding hydrogens is 226 g/mol. The Morgan fingerprint density at radius 1 is 1.17 bits per heavy atom. The number of rotatable bonds is 2. The molecule has 1 aromatic carbocycles. The lowest BCUT2D eigenvalue weighted by Crippen LogP contribution is -2.06. The van der Waals surface area contributed by atoms with Gasteiger partial charge < -0.3 is 5.32 Å². The van der Waals surface area contributed by atoms with Crippen molar-refractivity contribution in [2.75, 3.05) is 12.4 Å². The molecule has 0 fully saturated rings. The monoisotopic (exact) mass is 239 g/mol. The summed E-state index contributed by atoms with van der Waals surface area (Å²) >= 11 is 0. The quantitative estimate of drug-likeness (QED) is 0.744. The average molecular weight is 239 g/mol. The zero-order valence-corrected chi connectivity index (χ0v) is 10.3. The van der Waals surface area contributed by atoms with Crippen LogP contribution in [-0.4, -0.2) is 26.8 Å². The third kappa shape index (κ3) is 1.60. The molecule has 18 heavy (non-hydrogen) atoms. The highest BCUT2D eigenvalue weighted by atomic mass is 15.3. The second-order valence-corrected chi connectivity index (χ2v) is 4.07. The molecule has 1 N–H and O–H groups in total. The Morgan fingerprint density at radius 3 is 2.83 bits per heavy atom. The van der Waals surface area contributed by atoms with Crippen molar-refractivity contribution in [3.05, 3.63) is 42.2 Å². The molecule has 0 saturated heterocycles. The average Bonchev–Trinajstić information content (AvgIpc) is 2.83. The van der Waals surface area contributed by atoms with Crippen molar-refractivity contribution in [1.82, 2.24) is 19.7 Å². The minimum Gasteiger partial charge on any atom is -0.357 e. The number of para-hydroxylation sites is 1. The summed E-state index contributed by atoms with van der Waals surface area (Å²) in [5.74, 6) is 1.39. The molecule has 2 aromatic heterocycles. The SMILES string of the molecule is CNc1ncc(C)c(-n2ncc3ccccc32)n1. The van der Waals surface area contributed by atoms with E-state index in [1.807, 2.05) is 42.1 Å². The number of anilines is 1. The molecule has 0 aliphatic heterocycles. The fourth-order valence-electron chi connectivity index (χ4n) is 1.91. The molecule has 90 valence electrons. The number of nitrogens with zero attached hydrogens (tertiary/aromatic N) is 4. The Labute approximate surface area is 104 Å². The van der Waals surface area contributed by atoms with Crippen LogP contribution < -0.4 is 5.32 Å². The third-order valence-electron chi connectivity index (χ3n) is 2.85. The van der Waals surface area contributed by atoms with Crippen molar-refractivity contribution in [1.29, 1.82) is 0 Å². The number of hydrogen-bond donors (Lipinski definition) is 1. The topological polar surface area (TPSA) is 55.6 Å². The molecule has 3 rings (SSSR count). The standard InChI is InChI=1S/C13H13N5/c1-9-7-15-13(14-2)17-12(9)18-11-6-4-3-5-10(11)8-16-18/h3-8H,1-2H3,(H,14,15,17). The molecule has 0 bridgehead atoms. The predicted molar refractivity (Wildman–Crippen MR) is 70.9 cm³/mol. The Balaban J connectivity index is 2.25. The first-order valence-corrected chi connectivity index (χ1v) is 5.74. The van der Waals surface area contributed by atoms with Crippen molar-refractivity contribution in [3.8, 4) is 5.82 Å². The molecule has 5 heteroatoms. The maximum absolute atomic E-state index is 4.46. The summed E-state index contributed by atoms with van der Waals surface area (Å²) in [6, 6.07) is 8.06. The molecule has 5 nitrogen and oxygen atoms in total. The molecule has 0 atom stereocenters. The summed E-state index contributed by atoms with van der Waals surface area (Å²) in [4.78, 5) is 8.65. The largest absolute Gasteiger partial charge is 0.357 e. The predicted octanol–water partition coefficient (Wildman–Crippen LogP) is 2.17. The molecule has 3 aromatic rings. The van der Waals surface area contributed by atoms with Crippen molar-refractivity contribution < 1.29 is 0 Å². The van der Waals surface area contributed by atoms with Gasteiger partial charge in [-0.25, -0.2) is 9.67 Å². The van der Waals surface area contributed by atoms with Crippen molar-refractivity contribution >= 4 is 16.9 Å². The smallest absolute Gasteiger partial charge is 0.224 e. The number of hydrogen-bond acceptors (Lipinski definition) is 4. The van der Waals surface area contributed by atoms with Gasteiger partial charge in [-0.3, -0.25) is 0 Å². The lowest BCUT2D eigenvalue weighted by atomic mass is 10.2. The van der Waals surface area contributed by atoms with Gasteiger partial charge in [0.15, 0.2) is 5.82 Å². The van der Waals surface area contributed by atoms with E-state index < -0.39 is 0 Å².